The SMILES string of the molecule is CSc1ccc(O[C@H](C)C(=O)N2CCC[C@H](C(=O)O)C2)cc1. The van der Waals surface area contributed by atoms with Crippen molar-refractivity contribution in [2.75, 3.05) is 19.3 Å². The number of carboxylic acids is 1. The van der Waals surface area contributed by atoms with Crippen LogP contribution in [0.15, 0.2) is 29.2 Å². The molecular formula is C16H21NO4S. The fourth-order valence-electron chi connectivity index (χ4n) is 2.54. The lowest BCUT2D eigenvalue weighted by Crippen LogP contribution is -2.47. The molecule has 5 nitrogen and oxygen atoms in total. The van der Waals surface area contributed by atoms with Crippen LogP contribution in [0.2, 0.25) is 0 Å². The third-order valence-corrected chi connectivity index (χ3v) is 4.55. The van der Waals surface area contributed by atoms with E-state index < -0.39 is 18.0 Å². The molecule has 2 rings (SSSR count). The molecule has 0 radical (unpaired) electrons. The van der Waals surface area contributed by atoms with Crippen molar-refractivity contribution >= 4 is 23.6 Å². The zero-order valence-corrected chi connectivity index (χ0v) is 13.6. The number of rotatable bonds is 5. The second-order valence-corrected chi connectivity index (χ2v) is 6.28. The maximum atomic E-state index is 12.4. The number of hydrogen-bond acceptors (Lipinski definition) is 4. The molecule has 0 spiro atoms. The van der Waals surface area contributed by atoms with Gasteiger partial charge in [0.25, 0.3) is 5.91 Å². The maximum absolute atomic E-state index is 12.4. The number of hydrogen-bond donors (Lipinski definition) is 1. The predicted molar refractivity (Wildman–Crippen MR) is 85.3 cm³/mol. The van der Waals surface area contributed by atoms with Crippen molar-refractivity contribution in [3.05, 3.63) is 24.3 Å². The summed E-state index contributed by atoms with van der Waals surface area (Å²) in [6, 6.07) is 7.56. The quantitative estimate of drug-likeness (QED) is 0.843. The molecule has 22 heavy (non-hydrogen) atoms. The molecule has 120 valence electrons. The molecule has 1 aromatic carbocycles. The van der Waals surface area contributed by atoms with Gasteiger partial charge in [-0.25, -0.2) is 0 Å². The monoisotopic (exact) mass is 323 g/mol. The average Bonchev–Trinajstić information content (AvgIpc) is 2.54. The topological polar surface area (TPSA) is 66.8 Å². The first kappa shape index (κ1) is 16.7. The van der Waals surface area contributed by atoms with Gasteiger partial charge in [-0.2, -0.15) is 0 Å². The predicted octanol–water partition coefficient (Wildman–Crippen LogP) is 2.50. The molecule has 6 heteroatoms. The fourth-order valence-corrected chi connectivity index (χ4v) is 2.95. The minimum atomic E-state index is -0.835. The smallest absolute Gasteiger partial charge is 0.308 e. The third-order valence-electron chi connectivity index (χ3n) is 3.80. The molecule has 0 aliphatic carbocycles. The number of carboxylic acid groups (broad SMARTS) is 1. The summed E-state index contributed by atoms with van der Waals surface area (Å²) in [6.07, 6.45) is 2.73. The Labute approximate surface area is 134 Å². The number of benzene rings is 1. The largest absolute Gasteiger partial charge is 0.481 e. The summed E-state index contributed by atoms with van der Waals surface area (Å²) in [7, 11) is 0. The van der Waals surface area contributed by atoms with Crippen LogP contribution in [0.5, 0.6) is 5.75 Å². The number of likely N-dealkylation sites (tertiary alicyclic amines) is 1. The van der Waals surface area contributed by atoms with Crippen LogP contribution in [0.4, 0.5) is 0 Å². The highest BCUT2D eigenvalue weighted by Crippen LogP contribution is 2.21. The van der Waals surface area contributed by atoms with Crippen LogP contribution in [0, 0.1) is 5.92 Å². The molecule has 1 amide bonds. The first-order chi connectivity index (χ1) is 10.5. The first-order valence-electron chi connectivity index (χ1n) is 7.33. The highest BCUT2D eigenvalue weighted by atomic mass is 32.2. The van der Waals surface area contributed by atoms with E-state index in [4.69, 9.17) is 9.84 Å². The van der Waals surface area contributed by atoms with E-state index in [1.807, 2.05) is 30.5 Å². The Morgan fingerprint density at radius 3 is 2.64 bits per heavy atom. The lowest BCUT2D eigenvalue weighted by molar-refractivity contribution is -0.147. The van der Waals surface area contributed by atoms with E-state index >= 15 is 0 Å². The van der Waals surface area contributed by atoms with Gasteiger partial charge in [-0.05, 0) is 50.3 Å². The number of piperidine rings is 1. The van der Waals surface area contributed by atoms with E-state index in [9.17, 15) is 9.59 Å². The summed E-state index contributed by atoms with van der Waals surface area (Å²) in [6.45, 7) is 2.57. The van der Waals surface area contributed by atoms with Gasteiger partial charge in [-0.15, -0.1) is 11.8 Å². The molecule has 1 fully saturated rings. The molecule has 1 aromatic rings. The Bertz CT molecular complexity index is 531. The van der Waals surface area contributed by atoms with E-state index in [-0.39, 0.29) is 12.5 Å². The van der Waals surface area contributed by atoms with Crippen LogP contribution in [0.25, 0.3) is 0 Å². The number of nitrogens with zero attached hydrogens (tertiary/aromatic N) is 1. The van der Waals surface area contributed by atoms with E-state index in [0.29, 0.717) is 18.7 Å². The molecular weight excluding hydrogens is 302 g/mol. The number of carbonyl (C=O) groups excluding carboxylic acids is 1. The molecule has 1 N–H and O–H groups in total. The Morgan fingerprint density at radius 2 is 2.05 bits per heavy atom. The van der Waals surface area contributed by atoms with Crippen LogP contribution in [0.3, 0.4) is 0 Å². The van der Waals surface area contributed by atoms with E-state index in [1.54, 1.807) is 23.6 Å². The van der Waals surface area contributed by atoms with Crippen LogP contribution in [-0.2, 0) is 9.59 Å². The number of ether oxygens (including phenoxy) is 1. The van der Waals surface area contributed by atoms with Crippen molar-refractivity contribution in [2.45, 2.75) is 30.8 Å². The second kappa shape index (κ2) is 7.54. The molecule has 0 bridgehead atoms. The van der Waals surface area contributed by atoms with Crippen molar-refractivity contribution in [3.8, 4) is 5.75 Å². The van der Waals surface area contributed by atoms with Gasteiger partial charge in [-0.3, -0.25) is 9.59 Å². The van der Waals surface area contributed by atoms with Crippen molar-refractivity contribution in [1.82, 2.24) is 4.90 Å². The molecule has 1 aliphatic heterocycles. The second-order valence-electron chi connectivity index (χ2n) is 5.40. The zero-order valence-electron chi connectivity index (χ0n) is 12.8. The average molecular weight is 323 g/mol. The van der Waals surface area contributed by atoms with Gasteiger partial charge in [0, 0.05) is 18.0 Å². The lowest BCUT2D eigenvalue weighted by Gasteiger charge is -2.32. The Morgan fingerprint density at radius 1 is 1.36 bits per heavy atom. The molecule has 1 saturated heterocycles. The van der Waals surface area contributed by atoms with Gasteiger partial charge < -0.3 is 14.7 Å². The summed E-state index contributed by atoms with van der Waals surface area (Å²) >= 11 is 1.64. The van der Waals surface area contributed by atoms with Crippen LogP contribution in [0.1, 0.15) is 19.8 Å². The van der Waals surface area contributed by atoms with Crippen molar-refractivity contribution in [2.24, 2.45) is 5.92 Å². The summed E-state index contributed by atoms with van der Waals surface area (Å²) in [5.74, 6) is -0.810. The maximum Gasteiger partial charge on any atom is 0.308 e. The number of carbonyl (C=O) groups is 2. The van der Waals surface area contributed by atoms with Gasteiger partial charge in [0.1, 0.15) is 5.75 Å². The van der Waals surface area contributed by atoms with Crippen LogP contribution in [-0.4, -0.2) is 47.3 Å². The molecule has 2 atom stereocenters. The fraction of sp³-hybridized carbons (Fsp3) is 0.500. The van der Waals surface area contributed by atoms with Gasteiger partial charge >= 0.3 is 5.97 Å². The summed E-state index contributed by atoms with van der Waals surface area (Å²) in [5, 5.41) is 9.09. The van der Waals surface area contributed by atoms with Gasteiger partial charge in [0.05, 0.1) is 5.92 Å². The van der Waals surface area contributed by atoms with Gasteiger partial charge in [0.15, 0.2) is 6.10 Å². The Hall–Kier alpha value is -1.69. The number of thioether (sulfide) groups is 1. The highest BCUT2D eigenvalue weighted by Gasteiger charge is 2.30. The molecule has 1 heterocycles. The molecule has 0 saturated carbocycles. The number of amides is 1. The van der Waals surface area contributed by atoms with E-state index in [1.165, 1.54) is 0 Å². The van der Waals surface area contributed by atoms with Crippen molar-refractivity contribution in [1.29, 1.82) is 0 Å². The molecule has 0 unspecified atom stereocenters. The standard InChI is InChI=1S/C16H21NO4S/c1-11(21-13-5-7-14(22-2)8-6-13)15(18)17-9-3-4-12(10-17)16(19)20/h5-8,11-12H,3-4,9-10H2,1-2H3,(H,19,20)/t11-,12+/m1/s1. The van der Waals surface area contributed by atoms with Crippen LogP contribution < -0.4 is 4.74 Å². The Kier molecular flexibility index (Phi) is 5.71. The lowest BCUT2D eigenvalue weighted by atomic mass is 9.98. The number of aliphatic carboxylic acids is 1. The molecule has 0 aromatic heterocycles. The highest BCUT2D eigenvalue weighted by molar-refractivity contribution is 7.98. The minimum absolute atomic E-state index is 0.153. The van der Waals surface area contributed by atoms with Crippen molar-refractivity contribution in [3.63, 3.8) is 0 Å². The van der Waals surface area contributed by atoms with Gasteiger partial charge in [0.2, 0.25) is 0 Å². The van der Waals surface area contributed by atoms with E-state index in [0.717, 1.165) is 11.3 Å². The summed E-state index contributed by atoms with van der Waals surface area (Å²) in [5.41, 5.74) is 0. The first-order valence-corrected chi connectivity index (χ1v) is 8.56. The summed E-state index contributed by atoms with van der Waals surface area (Å²) in [4.78, 5) is 26.2. The third kappa shape index (κ3) is 4.16. The van der Waals surface area contributed by atoms with E-state index in [2.05, 4.69) is 0 Å². The normalized spacial score (nSPS) is 19.5. The molecule has 1 aliphatic rings. The van der Waals surface area contributed by atoms with Gasteiger partial charge in [-0.1, -0.05) is 0 Å². The summed E-state index contributed by atoms with van der Waals surface area (Å²) < 4.78 is 5.68. The van der Waals surface area contributed by atoms with Crippen molar-refractivity contribution < 1.29 is 19.4 Å². The van der Waals surface area contributed by atoms with Crippen LogP contribution >= 0.6 is 11.8 Å². The zero-order chi connectivity index (χ0) is 16.1. The Balaban J connectivity index is 1.94. The minimum Gasteiger partial charge on any atom is -0.481 e.